The Morgan fingerprint density at radius 1 is 1.44 bits per heavy atom. The molecule has 0 spiro atoms. The van der Waals surface area contributed by atoms with Crippen LogP contribution in [0, 0.1) is 0 Å². The third-order valence-electron chi connectivity index (χ3n) is 2.95. The summed E-state index contributed by atoms with van der Waals surface area (Å²) in [5.41, 5.74) is 1.02. The van der Waals surface area contributed by atoms with E-state index in [0.29, 0.717) is 11.4 Å². The Bertz CT molecular complexity index is 352. The van der Waals surface area contributed by atoms with Crippen molar-refractivity contribution in [3.05, 3.63) is 29.8 Å². The van der Waals surface area contributed by atoms with E-state index in [4.69, 9.17) is 4.74 Å². The van der Waals surface area contributed by atoms with Crippen molar-refractivity contribution in [1.82, 2.24) is 0 Å². The molecule has 1 fully saturated rings. The predicted octanol–water partition coefficient (Wildman–Crippen LogP) is 3.01. The number of hydrogen-bond acceptors (Lipinski definition) is 3. The highest BCUT2D eigenvalue weighted by molar-refractivity contribution is 8.00. The Balaban J connectivity index is 2.14. The van der Waals surface area contributed by atoms with Gasteiger partial charge in [0.1, 0.15) is 0 Å². The number of aliphatic hydroxyl groups is 1. The molecule has 1 aromatic rings. The molecular formula is C13H18O2S. The van der Waals surface area contributed by atoms with Gasteiger partial charge in [-0.2, -0.15) is 0 Å². The van der Waals surface area contributed by atoms with Crippen LogP contribution in [0.15, 0.2) is 29.2 Å². The summed E-state index contributed by atoms with van der Waals surface area (Å²) in [7, 11) is 0. The van der Waals surface area contributed by atoms with Crippen LogP contribution in [0.2, 0.25) is 0 Å². The summed E-state index contributed by atoms with van der Waals surface area (Å²) in [6.07, 6.45) is 1.01. The Labute approximate surface area is 101 Å². The molecule has 3 unspecified atom stereocenters. The second-order valence-corrected chi connectivity index (χ2v) is 5.52. The summed E-state index contributed by atoms with van der Waals surface area (Å²) >= 11 is 1.83. The van der Waals surface area contributed by atoms with Crippen LogP contribution in [-0.2, 0) is 4.74 Å². The Morgan fingerprint density at radius 2 is 2.19 bits per heavy atom. The van der Waals surface area contributed by atoms with E-state index >= 15 is 0 Å². The molecule has 0 amide bonds. The van der Waals surface area contributed by atoms with Crippen LogP contribution in [0.5, 0.6) is 0 Å². The van der Waals surface area contributed by atoms with Gasteiger partial charge < -0.3 is 9.84 Å². The van der Waals surface area contributed by atoms with Gasteiger partial charge in [0.15, 0.2) is 0 Å². The molecule has 3 atom stereocenters. The molecule has 1 N–H and O–H groups in total. The minimum atomic E-state index is -0.402. The first-order valence-electron chi connectivity index (χ1n) is 5.73. The summed E-state index contributed by atoms with van der Waals surface area (Å²) in [5, 5.41) is 10.2. The Kier molecular flexibility index (Phi) is 3.90. The lowest BCUT2D eigenvalue weighted by molar-refractivity contribution is 0.127. The summed E-state index contributed by atoms with van der Waals surface area (Å²) in [4.78, 5) is 1.18. The fraction of sp³-hybridized carbons (Fsp3) is 0.538. The van der Waals surface area contributed by atoms with Gasteiger partial charge in [-0.1, -0.05) is 18.2 Å². The van der Waals surface area contributed by atoms with Gasteiger partial charge in [0.25, 0.3) is 0 Å². The SMILES string of the molecule is CC(O)c1ccccc1SC1CCOC1C. The molecular weight excluding hydrogens is 220 g/mol. The lowest BCUT2D eigenvalue weighted by atomic mass is 10.1. The first kappa shape index (κ1) is 12.0. The standard InChI is InChI=1S/C13H18O2S/c1-9(14)11-5-3-4-6-13(11)16-12-7-8-15-10(12)2/h3-6,9-10,12,14H,7-8H2,1-2H3. The molecule has 0 radical (unpaired) electrons. The molecule has 0 bridgehead atoms. The first-order valence-corrected chi connectivity index (χ1v) is 6.61. The zero-order valence-electron chi connectivity index (χ0n) is 9.72. The molecule has 88 valence electrons. The smallest absolute Gasteiger partial charge is 0.0772 e. The molecule has 0 aliphatic carbocycles. The number of rotatable bonds is 3. The average Bonchev–Trinajstić information content (AvgIpc) is 2.65. The van der Waals surface area contributed by atoms with Crippen LogP contribution < -0.4 is 0 Å². The molecule has 1 heterocycles. The van der Waals surface area contributed by atoms with E-state index in [2.05, 4.69) is 13.0 Å². The van der Waals surface area contributed by atoms with Crippen molar-refractivity contribution in [2.24, 2.45) is 0 Å². The highest BCUT2D eigenvalue weighted by atomic mass is 32.2. The number of benzene rings is 1. The molecule has 3 heteroatoms. The van der Waals surface area contributed by atoms with E-state index in [1.807, 2.05) is 36.9 Å². The van der Waals surface area contributed by atoms with Gasteiger partial charge in [-0.3, -0.25) is 0 Å². The van der Waals surface area contributed by atoms with Crippen molar-refractivity contribution in [3.63, 3.8) is 0 Å². The van der Waals surface area contributed by atoms with Crippen LogP contribution in [-0.4, -0.2) is 23.1 Å². The quantitative estimate of drug-likeness (QED) is 0.877. The van der Waals surface area contributed by atoms with E-state index in [-0.39, 0.29) is 0 Å². The maximum Gasteiger partial charge on any atom is 0.0772 e. The van der Waals surface area contributed by atoms with E-state index in [0.717, 1.165) is 18.6 Å². The van der Waals surface area contributed by atoms with Crippen molar-refractivity contribution in [2.75, 3.05) is 6.61 Å². The Hall–Kier alpha value is -0.510. The summed E-state index contributed by atoms with van der Waals surface area (Å²) < 4.78 is 5.55. The van der Waals surface area contributed by atoms with Gasteiger partial charge in [-0.05, 0) is 31.9 Å². The second kappa shape index (κ2) is 5.21. The maximum atomic E-state index is 9.70. The zero-order chi connectivity index (χ0) is 11.5. The lowest BCUT2D eigenvalue weighted by Gasteiger charge is -2.17. The van der Waals surface area contributed by atoms with Gasteiger partial charge in [0, 0.05) is 16.8 Å². The maximum absolute atomic E-state index is 9.70. The molecule has 0 aromatic heterocycles. The number of aliphatic hydroxyl groups excluding tert-OH is 1. The van der Waals surface area contributed by atoms with Crippen molar-refractivity contribution < 1.29 is 9.84 Å². The van der Waals surface area contributed by atoms with Crippen molar-refractivity contribution in [3.8, 4) is 0 Å². The van der Waals surface area contributed by atoms with Gasteiger partial charge in [0.2, 0.25) is 0 Å². The van der Waals surface area contributed by atoms with E-state index in [1.54, 1.807) is 0 Å². The third-order valence-corrected chi connectivity index (χ3v) is 4.50. The fourth-order valence-corrected chi connectivity index (χ4v) is 3.31. The topological polar surface area (TPSA) is 29.5 Å². The zero-order valence-corrected chi connectivity index (χ0v) is 10.5. The number of hydrogen-bond donors (Lipinski definition) is 1. The molecule has 2 rings (SSSR count). The average molecular weight is 238 g/mol. The van der Waals surface area contributed by atoms with Crippen LogP contribution >= 0.6 is 11.8 Å². The molecule has 2 nitrogen and oxygen atoms in total. The lowest BCUT2D eigenvalue weighted by Crippen LogP contribution is -2.13. The minimum absolute atomic E-state index is 0.312. The molecule has 0 saturated carbocycles. The molecule has 1 aromatic carbocycles. The highest BCUT2D eigenvalue weighted by Gasteiger charge is 2.26. The van der Waals surface area contributed by atoms with Crippen LogP contribution in [0.25, 0.3) is 0 Å². The predicted molar refractivity (Wildman–Crippen MR) is 66.8 cm³/mol. The fourth-order valence-electron chi connectivity index (χ4n) is 1.96. The summed E-state index contributed by atoms with van der Waals surface area (Å²) in [6.45, 7) is 4.79. The summed E-state index contributed by atoms with van der Waals surface area (Å²) in [5.74, 6) is 0. The number of ether oxygens (including phenoxy) is 1. The van der Waals surface area contributed by atoms with E-state index < -0.39 is 6.10 Å². The van der Waals surface area contributed by atoms with Crippen LogP contribution in [0.1, 0.15) is 31.9 Å². The molecule has 1 aliphatic rings. The molecule has 16 heavy (non-hydrogen) atoms. The van der Waals surface area contributed by atoms with Crippen LogP contribution in [0.3, 0.4) is 0 Å². The summed E-state index contributed by atoms with van der Waals surface area (Å²) in [6, 6.07) is 8.07. The van der Waals surface area contributed by atoms with Gasteiger partial charge in [-0.15, -0.1) is 11.8 Å². The Morgan fingerprint density at radius 3 is 2.81 bits per heavy atom. The van der Waals surface area contributed by atoms with Gasteiger partial charge >= 0.3 is 0 Å². The van der Waals surface area contributed by atoms with Gasteiger partial charge in [0.05, 0.1) is 12.2 Å². The van der Waals surface area contributed by atoms with Crippen molar-refractivity contribution in [2.45, 2.75) is 42.6 Å². The van der Waals surface area contributed by atoms with E-state index in [9.17, 15) is 5.11 Å². The van der Waals surface area contributed by atoms with E-state index in [1.165, 1.54) is 4.90 Å². The first-order chi connectivity index (χ1) is 7.68. The second-order valence-electron chi connectivity index (χ2n) is 4.23. The van der Waals surface area contributed by atoms with Crippen LogP contribution in [0.4, 0.5) is 0 Å². The van der Waals surface area contributed by atoms with Crippen molar-refractivity contribution in [1.29, 1.82) is 0 Å². The van der Waals surface area contributed by atoms with Gasteiger partial charge in [-0.25, -0.2) is 0 Å². The highest BCUT2D eigenvalue weighted by Crippen LogP contribution is 2.36. The molecule has 1 saturated heterocycles. The van der Waals surface area contributed by atoms with Crippen molar-refractivity contribution >= 4 is 11.8 Å². The largest absolute Gasteiger partial charge is 0.389 e. The normalized spacial score (nSPS) is 26.9. The number of thioether (sulfide) groups is 1. The molecule has 1 aliphatic heterocycles. The monoisotopic (exact) mass is 238 g/mol. The third kappa shape index (κ3) is 2.59. The minimum Gasteiger partial charge on any atom is -0.389 e.